The van der Waals surface area contributed by atoms with Gasteiger partial charge >= 0.3 is 0 Å². The summed E-state index contributed by atoms with van der Waals surface area (Å²) in [4.78, 5) is 19.2. The van der Waals surface area contributed by atoms with Gasteiger partial charge in [0.25, 0.3) is 5.91 Å². The number of ether oxygens (including phenoxy) is 4. The highest BCUT2D eigenvalue weighted by Crippen LogP contribution is 2.37. The number of nitrogens with zero attached hydrogens (tertiary/aromatic N) is 2. The number of methoxy groups -OCH3 is 1. The highest BCUT2D eigenvalue weighted by Gasteiger charge is 2.32. The zero-order chi connectivity index (χ0) is 24.8. The Morgan fingerprint density at radius 2 is 2.23 bits per heavy atom. The molecule has 11 heteroatoms. The summed E-state index contributed by atoms with van der Waals surface area (Å²) in [5.41, 5.74) is 8.36. The van der Waals surface area contributed by atoms with Crippen LogP contribution in [-0.2, 0) is 20.8 Å². The maximum atomic E-state index is 13.4. The van der Waals surface area contributed by atoms with E-state index in [1.165, 1.54) is 7.11 Å². The van der Waals surface area contributed by atoms with Gasteiger partial charge in [-0.2, -0.15) is 0 Å². The number of nitrogens with two attached hydrogens (primary N) is 1. The third-order valence-electron chi connectivity index (χ3n) is 5.71. The molecule has 0 bridgehead atoms. The first kappa shape index (κ1) is 25.2. The highest BCUT2D eigenvalue weighted by atomic mass is 35.5. The molecule has 35 heavy (non-hydrogen) atoms. The Kier molecular flexibility index (Phi) is 8.40. The van der Waals surface area contributed by atoms with Gasteiger partial charge in [0.1, 0.15) is 23.4 Å². The van der Waals surface area contributed by atoms with Gasteiger partial charge in [0.05, 0.1) is 49.4 Å². The number of benzene rings is 1. The van der Waals surface area contributed by atoms with Crippen molar-refractivity contribution in [3.63, 3.8) is 0 Å². The standard InChI is InChI=1S/C24H27ClN4O5S/c1-31-22-17(25)3-2-4-19(22)29-8-6-18(21(23(26)35)24(29)30)28-11-15-5-7-27-12-20(15)34-14-16-13-32-9-10-33-16/h2-5,7,12,16,28H,6,8-11,13-14H2,1H3,(H2,26,35)/t16-/m0/s1. The van der Waals surface area contributed by atoms with E-state index in [-0.39, 0.29) is 22.6 Å². The monoisotopic (exact) mass is 518 g/mol. The summed E-state index contributed by atoms with van der Waals surface area (Å²) in [6, 6.07) is 7.10. The number of thiocarbonyl (C=S) groups is 1. The Balaban J connectivity index is 1.50. The van der Waals surface area contributed by atoms with Crippen molar-refractivity contribution < 1.29 is 23.7 Å². The van der Waals surface area contributed by atoms with E-state index in [2.05, 4.69) is 10.3 Å². The number of carbonyl (C=O) groups excluding carboxylic acids is 1. The van der Waals surface area contributed by atoms with Crippen molar-refractivity contribution in [3.8, 4) is 11.5 Å². The first-order valence-corrected chi connectivity index (χ1v) is 11.9. The van der Waals surface area contributed by atoms with Crippen LogP contribution in [0.3, 0.4) is 0 Å². The van der Waals surface area contributed by atoms with Gasteiger partial charge in [-0.05, 0) is 18.2 Å². The third kappa shape index (κ3) is 5.84. The largest absolute Gasteiger partial charge is 0.493 e. The first-order chi connectivity index (χ1) is 17.0. The van der Waals surface area contributed by atoms with Gasteiger partial charge < -0.3 is 34.9 Å². The van der Waals surface area contributed by atoms with Crippen LogP contribution in [0.1, 0.15) is 12.0 Å². The number of amides is 1. The fourth-order valence-electron chi connectivity index (χ4n) is 3.99. The van der Waals surface area contributed by atoms with Crippen LogP contribution in [0.5, 0.6) is 11.5 Å². The van der Waals surface area contributed by atoms with Crippen molar-refractivity contribution in [2.45, 2.75) is 19.1 Å². The number of anilines is 1. The molecule has 3 N–H and O–H groups in total. The molecule has 2 aliphatic rings. The molecular weight excluding hydrogens is 492 g/mol. The van der Waals surface area contributed by atoms with Crippen molar-refractivity contribution in [2.75, 3.05) is 45.0 Å². The van der Waals surface area contributed by atoms with Crippen molar-refractivity contribution in [1.29, 1.82) is 0 Å². The molecule has 2 aliphatic heterocycles. The van der Waals surface area contributed by atoms with E-state index in [1.807, 2.05) is 6.07 Å². The van der Waals surface area contributed by atoms with E-state index in [0.29, 0.717) is 73.8 Å². The second kappa shape index (κ2) is 11.7. The smallest absolute Gasteiger partial charge is 0.263 e. The number of hydrogen-bond donors (Lipinski definition) is 2. The van der Waals surface area contributed by atoms with Crippen molar-refractivity contribution in [2.24, 2.45) is 5.73 Å². The lowest BCUT2D eigenvalue weighted by molar-refractivity contribution is -0.115. The van der Waals surface area contributed by atoms with Crippen LogP contribution in [0, 0.1) is 0 Å². The molecule has 1 aromatic carbocycles. The minimum atomic E-state index is -0.313. The summed E-state index contributed by atoms with van der Waals surface area (Å²) in [7, 11) is 1.51. The molecule has 1 atom stereocenters. The fraction of sp³-hybridized carbons (Fsp3) is 0.375. The predicted octanol–water partition coefficient (Wildman–Crippen LogP) is 2.60. The molecule has 1 saturated heterocycles. The molecule has 9 nitrogen and oxygen atoms in total. The van der Waals surface area contributed by atoms with E-state index in [4.69, 9.17) is 48.5 Å². The maximum Gasteiger partial charge on any atom is 0.263 e. The van der Waals surface area contributed by atoms with E-state index in [1.54, 1.807) is 35.5 Å². The summed E-state index contributed by atoms with van der Waals surface area (Å²) in [5.74, 6) is 0.735. The Morgan fingerprint density at radius 3 is 2.97 bits per heavy atom. The van der Waals surface area contributed by atoms with Gasteiger partial charge in [0.2, 0.25) is 0 Å². The van der Waals surface area contributed by atoms with Crippen LogP contribution >= 0.6 is 23.8 Å². The summed E-state index contributed by atoms with van der Waals surface area (Å²) in [5, 5.41) is 3.75. The Bertz CT molecular complexity index is 1120. The summed E-state index contributed by atoms with van der Waals surface area (Å²) < 4.78 is 22.4. The molecule has 0 unspecified atom stereocenters. The minimum absolute atomic E-state index is 0.0174. The van der Waals surface area contributed by atoms with Gasteiger partial charge in [-0.15, -0.1) is 0 Å². The van der Waals surface area contributed by atoms with E-state index in [9.17, 15) is 4.79 Å². The average molecular weight is 519 g/mol. The Labute approximate surface area is 214 Å². The second-order valence-electron chi connectivity index (χ2n) is 7.93. The van der Waals surface area contributed by atoms with Crippen molar-refractivity contribution in [3.05, 3.63) is 58.5 Å². The number of rotatable bonds is 9. The molecule has 0 spiro atoms. The average Bonchev–Trinajstić information content (AvgIpc) is 2.87. The first-order valence-electron chi connectivity index (χ1n) is 11.2. The van der Waals surface area contributed by atoms with Gasteiger partial charge in [-0.3, -0.25) is 9.78 Å². The molecule has 186 valence electrons. The van der Waals surface area contributed by atoms with Gasteiger partial charge in [0.15, 0.2) is 5.75 Å². The molecule has 1 aromatic heterocycles. The summed E-state index contributed by atoms with van der Waals surface area (Å²) >= 11 is 11.5. The maximum absolute atomic E-state index is 13.4. The van der Waals surface area contributed by atoms with Crippen LogP contribution in [0.25, 0.3) is 0 Å². The van der Waals surface area contributed by atoms with Crippen LogP contribution in [0.2, 0.25) is 5.02 Å². The molecule has 0 aliphatic carbocycles. The lowest BCUT2D eigenvalue weighted by Crippen LogP contribution is -2.43. The Morgan fingerprint density at radius 1 is 1.37 bits per heavy atom. The number of nitrogens with one attached hydrogen (secondary N) is 1. The molecule has 1 amide bonds. The number of para-hydroxylation sites is 1. The number of halogens is 1. The summed E-state index contributed by atoms with van der Waals surface area (Å²) in [6.45, 7) is 2.80. The number of pyridine rings is 1. The van der Waals surface area contributed by atoms with Crippen LogP contribution in [0.15, 0.2) is 47.9 Å². The quantitative estimate of drug-likeness (QED) is 0.484. The second-order valence-corrected chi connectivity index (χ2v) is 8.78. The normalized spacial score (nSPS) is 18.4. The lowest BCUT2D eigenvalue weighted by Gasteiger charge is -2.31. The highest BCUT2D eigenvalue weighted by molar-refractivity contribution is 7.80. The molecule has 0 radical (unpaired) electrons. The molecule has 0 saturated carbocycles. The SMILES string of the molecule is COc1c(Cl)cccc1N1CCC(NCc2ccncc2OC[C@@H]2COCCO2)=C(C(N)=S)C1=O. The van der Waals surface area contributed by atoms with Crippen molar-refractivity contribution in [1.82, 2.24) is 10.3 Å². The molecule has 3 heterocycles. The fourth-order valence-corrected chi connectivity index (χ4v) is 4.45. The van der Waals surface area contributed by atoms with Crippen LogP contribution in [-0.4, -0.2) is 62.1 Å². The topological polar surface area (TPSA) is 108 Å². The molecular formula is C24H27ClN4O5S. The van der Waals surface area contributed by atoms with E-state index >= 15 is 0 Å². The molecule has 1 fully saturated rings. The lowest BCUT2D eigenvalue weighted by atomic mass is 10.0. The minimum Gasteiger partial charge on any atom is -0.493 e. The number of carbonyl (C=O) groups is 1. The third-order valence-corrected chi connectivity index (χ3v) is 6.21. The van der Waals surface area contributed by atoms with Gasteiger partial charge in [0, 0.05) is 37.0 Å². The van der Waals surface area contributed by atoms with Gasteiger partial charge in [-0.25, -0.2) is 0 Å². The Hall–Kier alpha value is -2.92. The molecule has 2 aromatic rings. The zero-order valence-electron chi connectivity index (χ0n) is 19.3. The van der Waals surface area contributed by atoms with Crippen LogP contribution in [0.4, 0.5) is 5.69 Å². The zero-order valence-corrected chi connectivity index (χ0v) is 20.9. The predicted molar refractivity (Wildman–Crippen MR) is 136 cm³/mol. The van der Waals surface area contributed by atoms with Crippen molar-refractivity contribution >= 4 is 40.4 Å². The van der Waals surface area contributed by atoms with E-state index < -0.39 is 0 Å². The number of aromatic nitrogens is 1. The number of hydrogen-bond acceptors (Lipinski definition) is 8. The van der Waals surface area contributed by atoms with Crippen LogP contribution < -0.4 is 25.4 Å². The van der Waals surface area contributed by atoms with Gasteiger partial charge in [-0.1, -0.05) is 29.9 Å². The van der Waals surface area contributed by atoms with E-state index in [0.717, 1.165) is 5.56 Å². The molecule has 4 rings (SSSR count). The summed E-state index contributed by atoms with van der Waals surface area (Å²) in [6.07, 6.45) is 3.73.